The van der Waals surface area contributed by atoms with Crippen LogP contribution in [0.4, 0.5) is 0 Å². The van der Waals surface area contributed by atoms with Crippen LogP contribution in [0.1, 0.15) is 60.9 Å². The Bertz CT molecular complexity index is 1030. The van der Waals surface area contributed by atoms with Crippen LogP contribution in [-0.2, 0) is 24.8 Å². The molecule has 1 unspecified atom stereocenters. The number of hydrogen-bond donors (Lipinski definition) is 0. The molecule has 33 heavy (non-hydrogen) atoms. The number of allylic oxidation sites excluding steroid dienone is 1. The van der Waals surface area contributed by atoms with Crippen LogP contribution in [0.15, 0.2) is 35.9 Å². The molecule has 0 radical (unpaired) electrons. The van der Waals surface area contributed by atoms with Crippen molar-refractivity contribution in [2.24, 2.45) is 0 Å². The van der Waals surface area contributed by atoms with E-state index in [2.05, 4.69) is 103 Å². The fourth-order valence-corrected chi connectivity index (χ4v) is 12.8. The van der Waals surface area contributed by atoms with Gasteiger partial charge in [0.1, 0.15) is 0 Å². The third-order valence-corrected chi connectivity index (χ3v) is 16.2. The van der Waals surface area contributed by atoms with Crippen LogP contribution in [0.2, 0.25) is 39.3 Å². The molecule has 1 aliphatic rings. The van der Waals surface area contributed by atoms with Crippen LogP contribution < -0.4 is 10.4 Å². The van der Waals surface area contributed by atoms with E-state index in [-0.39, 0.29) is 9.04 Å². The summed E-state index contributed by atoms with van der Waals surface area (Å²) in [4.78, 5) is 0. The second-order valence-corrected chi connectivity index (χ2v) is 31.7. The first-order chi connectivity index (χ1) is 15.1. The van der Waals surface area contributed by atoms with Gasteiger partial charge >= 0.3 is 222 Å². The second kappa shape index (κ2) is 9.85. The summed E-state index contributed by atoms with van der Waals surface area (Å²) in [6.45, 7) is 24.1. The van der Waals surface area contributed by atoms with Gasteiger partial charge in [0, 0.05) is 0 Å². The zero-order chi connectivity index (χ0) is 24.9. The number of benzene rings is 2. The Morgan fingerprint density at radius 1 is 0.879 bits per heavy atom. The summed E-state index contributed by atoms with van der Waals surface area (Å²) in [5.41, 5.74) is 8.55. The molecular weight excluding hydrogens is 555 g/mol. The molecule has 5 heteroatoms. The predicted molar refractivity (Wildman–Crippen MR) is 154 cm³/mol. The van der Waals surface area contributed by atoms with E-state index in [1.165, 1.54) is 33.4 Å². The zero-order valence-electron chi connectivity index (χ0n) is 22.2. The van der Waals surface area contributed by atoms with Crippen molar-refractivity contribution in [3.63, 3.8) is 0 Å². The van der Waals surface area contributed by atoms with Gasteiger partial charge in [-0.2, -0.15) is 0 Å². The summed E-state index contributed by atoms with van der Waals surface area (Å²) >= 11 is -2.52. The number of hydrogen-bond acceptors (Lipinski definition) is 0. The summed E-state index contributed by atoms with van der Waals surface area (Å²) in [5.74, 6) is 0. The molecule has 0 saturated carbocycles. The zero-order valence-corrected chi connectivity index (χ0v) is 28.2. The minimum atomic E-state index is -2.52. The molecular formula is C28H41Cl2Si2Zr. The first-order valence-electron chi connectivity index (χ1n) is 12.3. The van der Waals surface area contributed by atoms with Crippen LogP contribution >= 0.6 is 17.0 Å². The summed E-state index contributed by atoms with van der Waals surface area (Å²) < 4.78 is 0.287. The van der Waals surface area contributed by atoms with Gasteiger partial charge in [-0.3, -0.25) is 0 Å². The molecule has 0 fully saturated rings. The summed E-state index contributed by atoms with van der Waals surface area (Å²) in [5, 5.41) is 3.13. The van der Waals surface area contributed by atoms with Crippen molar-refractivity contribution in [2.75, 3.05) is 0 Å². The van der Waals surface area contributed by atoms with Gasteiger partial charge in [0.2, 0.25) is 0 Å². The van der Waals surface area contributed by atoms with Crippen molar-refractivity contribution in [2.45, 2.75) is 88.9 Å². The Balaban J connectivity index is 2.43. The Morgan fingerprint density at radius 3 is 1.85 bits per heavy atom. The van der Waals surface area contributed by atoms with Crippen molar-refractivity contribution < 1.29 is 19.4 Å². The third-order valence-electron chi connectivity index (χ3n) is 6.81. The van der Waals surface area contributed by atoms with Crippen LogP contribution in [0.25, 0.3) is 17.2 Å². The van der Waals surface area contributed by atoms with Gasteiger partial charge in [0.25, 0.3) is 0 Å². The van der Waals surface area contributed by atoms with E-state index in [9.17, 15) is 0 Å². The second-order valence-electron chi connectivity index (χ2n) is 12.7. The van der Waals surface area contributed by atoms with Gasteiger partial charge in [-0.25, -0.2) is 0 Å². The molecule has 0 amide bonds. The van der Waals surface area contributed by atoms with Crippen molar-refractivity contribution in [1.82, 2.24) is 0 Å². The Kier molecular flexibility index (Phi) is 8.26. The molecule has 0 heterocycles. The molecule has 3 rings (SSSR count). The third kappa shape index (κ3) is 5.91. The van der Waals surface area contributed by atoms with Gasteiger partial charge < -0.3 is 0 Å². The van der Waals surface area contributed by atoms with Crippen molar-refractivity contribution >= 4 is 49.6 Å². The molecule has 2 aromatic rings. The van der Waals surface area contributed by atoms with Gasteiger partial charge in [-0.05, 0) is 0 Å². The summed E-state index contributed by atoms with van der Waals surface area (Å²) in [6, 6.07) is 12.3. The van der Waals surface area contributed by atoms with E-state index in [0.29, 0.717) is 0 Å². The molecule has 0 nitrogen and oxygen atoms in total. The standard InChI is InChI=1S/C28H41Si2.2ClH.Zr/c1-11-12-20-15-21-13-14-26(28(2,3)4)27(25(21)16-20)22-17-23(29(5,6)7)19-24(18-22)30(8,9)10;;;/h13-19H,11-12H2,1-10H3;2*1H;/q;;;+2/p-2. The normalized spacial score (nSPS) is 16.6. The molecule has 1 atom stereocenters. The van der Waals surface area contributed by atoms with E-state index < -0.39 is 35.5 Å². The van der Waals surface area contributed by atoms with E-state index in [1.54, 1.807) is 10.4 Å². The summed E-state index contributed by atoms with van der Waals surface area (Å²) in [6.07, 6.45) is 4.68. The fourth-order valence-electron chi connectivity index (χ4n) is 4.85. The molecule has 2 aromatic carbocycles. The monoisotopic (exact) mass is 593 g/mol. The van der Waals surface area contributed by atoms with Gasteiger partial charge in [0.15, 0.2) is 0 Å². The first-order valence-corrected chi connectivity index (χ1v) is 27.0. The van der Waals surface area contributed by atoms with Crippen LogP contribution in [-0.4, -0.2) is 16.1 Å². The van der Waals surface area contributed by atoms with Gasteiger partial charge in [-0.15, -0.1) is 0 Å². The minimum absolute atomic E-state index is 0.0548. The fraction of sp³-hybridized carbons (Fsp3) is 0.500. The molecule has 0 spiro atoms. The molecule has 179 valence electrons. The number of halogens is 2. The molecule has 1 aliphatic carbocycles. The topological polar surface area (TPSA) is 0 Å². The average Bonchev–Trinajstić information content (AvgIpc) is 3.03. The Labute approximate surface area is 220 Å². The van der Waals surface area contributed by atoms with Crippen LogP contribution in [0.5, 0.6) is 0 Å². The van der Waals surface area contributed by atoms with E-state index >= 15 is 0 Å². The van der Waals surface area contributed by atoms with Crippen molar-refractivity contribution in [3.8, 4) is 11.1 Å². The first kappa shape index (κ1) is 27.7. The molecule has 0 aliphatic heterocycles. The maximum absolute atomic E-state index is 6.77. The summed E-state index contributed by atoms with van der Waals surface area (Å²) in [7, 11) is 10.6. The molecule has 0 saturated heterocycles. The van der Waals surface area contributed by atoms with Gasteiger partial charge in [0.05, 0.1) is 0 Å². The van der Waals surface area contributed by atoms with Crippen molar-refractivity contribution in [3.05, 3.63) is 52.6 Å². The number of fused-ring (bicyclic) bond motifs is 1. The Hall–Kier alpha value is 0.0769. The van der Waals surface area contributed by atoms with E-state index in [4.69, 9.17) is 17.0 Å². The Morgan fingerprint density at radius 2 is 1.42 bits per heavy atom. The van der Waals surface area contributed by atoms with Crippen molar-refractivity contribution in [1.29, 1.82) is 0 Å². The van der Waals surface area contributed by atoms with Gasteiger partial charge in [-0.1, -0.05) is 0 Å². The molecule has 0 N–H and O–H groups in total. The van der Waals surface area contributed by atoms with E-state index in [1.807, 2.05) is 0 Å². The SMILES string of the molecule is CCCC1=Cc2c(ccc(C(C)(C)C)c2-c2cc([Si](C)(C)C)cc([Si](C)(C)C)c2)[CH]1[Zr]([Cl])[Cl]. The quantitative estimate of drug-likeness (QED) is 0.293. The molecule has 0 bridgehead atoms. The molecule has 0 aromatic heterocycles. The maximum atomic E-state index is 6.77. The average molecular weight is 596 g/mol. The number of rotatable bonds is 6. The van der Waals surface area contributed by atoms with Crippen LogP contribution in [0, 0.1) is 0 Å². The van der Waals surface area contributed by atoms with Crippen LogP contribution in [0.3, 0.4) is 0 Å². The predicted octanol–water partition coefficient (Wildman–Crippen LogP) is 8.91. The van der Waals surface area contributed by atoms with E-state index in [0.717, 1.165) is 12.8 Å².